The lowest BCUT2D eigenvalue weighted by Gasteiger charge is -2.33. The number of hydrogen-bond donors (Lipinski definition) is 1. The first-order valence-electron chi connectivity index (χ1n) is 11.2. The van der Waals surface area contributed by atoms with Gasteiger partial charge in [0.1, 0.15) is 18.4 Å². The summed E-state index contributed by atoms with van der Waals surface area (Å²) in [6.07, 6.45) is 0.966. The Morgan fingerprint density at radius 3 is 2.19 bits per heavy atom. The summed E-state index contributed by atoms with van der Waals surface area (Å²) in [4.78, 5) is 27.6. The number of nitrogens with one attached hydrogen (secondary N) is 1. The van der Waals surface area contributed by atoms with Crippen LogP contribution in [0.3, 0.4) is 0 Å². The van der Waals surface area contributed by atoms with Gasteiger partial charge >= 0.3 is 0 Å². The van der Waals surface area contributed by atoms with Gasteiger partial charge in [0.25, 0.3) is 0 Å². The minimum Gasteiger partial charge on any atom is -0.493 e. The molecule has 2 amide bonds. The van der Waals surface area contributed by atoms with Crippen LogP contribution in [0.25, 0.3) is 0 Å². The minimum absolute atomic E-state index is 0.168. The van der Waals surface area contributed by atoms with Crippen LogP contribution >= 0.6 is 0 Å². The Kier molecular flexibility index (Phi) is 9.31. The first-order valence-corrected chi connectivity index (χ1v) is 13.1. The number of carbonyl (C=O) groups excluding carboxylic acids is 2. The Balaban J connectivity index is 2.47. The number of rotatable bonds is 10. The number of amides is 2. The summed E-state index contributed by atoms with van der Waals surface area (Å²) >= 11 is 0. The van der Waals surface area contributed by atoms with Crippen molar-refractivity contribution in [2.24, 2.45) is 0 Å². The number of ether oxygens (including phenoxy) is 2. The van der Waals surface area contributed by atoms with Crippen LogP contribution in [0.1, 0.15) is 33.3 Å². The summed E-state index contributed by atoms with van der Waals surface area (Å²) in [6.45, 7) is 6.06. The van der Waals surface area contributed by atoms with Crippen LogP contribution in [0.4, 0.5) is 10.1 Å². The van der Waals surface area contributed by atoms with E-state index in [1.165, 1.54) is 62.4 Å². The van der Waals surface area contributed by atoms with E-state index in [1.807, 2.05) is 0 Å². The average molecular weight is 524 g/mol. The number of methoxy groups -OCH3 is 2. The number of anilines is 1. The molecule has 0 aliphatic heterocycles. The fourth-order valence-electron chi connectivity index (χ4n) is 3.46. The van der Waals surface area contributed by atoms with Gasteiger partial charge < -0.3 is 19.7 Å². The van der Waals surface area contributed by atoms with Gasteiger partial charge in [-0.1, -0.05) is 18.2 Å². The van der Waals surface area contributed by atoms with Gasteiger partial charge in [0.2, 0.25) is 21.8 Å². The first kappa shape index (κ1) is 28.9. The van der Waals surface area contributed by atoms with Gasteiger partial charge in [-0.05, 0) is 45.9 Å². The summed E-state index contributed by atoms with van der Waals surface area (Å²) in [5.41, 5.74) is -0.212. The van der Waals surface area contributed by atoms with Crippen molar-refractivity contribution in [3.05, 3.63) is 53.8 Å². The number of sulfonamides is 1. The van der Waals surface area contributed by atoms with Crippen molar-refractivity contribution >= 4 is 27.5 Å². The fourth-order valence-corrected chi connectivity index (χ4v) is 4.30. The average Bonchev–Trinajstić information content (AvgIpc) is 2.79. The molecule has 9 nitrogen and oxygen atoms in total. The molecular formula is C25H34FN3O6S. The smallest absolute Gasteiger partial charge is 0.244 e. The summed E-state index contributed by atoms with van der Waals surface area (Å²) in [6, 6.07) is 9.32. The van der Waals surface area contributed by atoms with Crippen molar-refractivity contribution in [3.63, 3.8) is 0 Å². The van der Waals surface area contributed by atoms with Gasteiger partial charge in [-0.25, -0.2) is 12.8 Å². The third-order valence-electron chi connectivity index (χ3n) is 5.30. The maximum atomic E-state index is 14.5. The molecule has 36 heavy (non-hydrogen) atoms. The highest BCUT2D eigenvalue weighted by atomic mass is 32.2. The van der Waals surface area contributed by atoms with E-state index in [4.69, 9.17) is 9.47 Å². The van der Waals surface area contributed by atoms with Crippen molar-refractivity contribution in [2.45, 2.75) is 45.8 Å². The fraction of sp³-hybridized carbons (Fsp3) is 0.440. The molecular weight excluding hydrogens is 489 g/mol. The molecule has 0 spiro atoms. The van der Waals surface area contributed by atoms with Gasteiger partial charge in [0, 0.05) is 23.7 Å². The Labute approximate surface area is 212 Å². The Bertz CT molecular complexity index is 1200. The molecule has 0 saturated carbocycles. The van der Waals surface area contributed by atoms with E-state index >= 15 is 0 Å². The van der Waals surface area contributed by atoms with E-state index in [9.17, 15) is 22.4 Å². The third-order valence-corrected chi connectivity index (χ3v) is 6.44. The van der Waals surface area contributed by atoms with E-state index in [2.05, 4.69) is 5.32 Å². The molecule has 11 heteroatoms. The zero-order valence-electron chi connectivity index (χ0n) is 21.7. The third kappa shape index (κ3) is 7.58. The van der Waals surface area contributed by atoms with E-state index < -0.39 is 45.8 Å². The Morgan fingerprint density at radius 1 is 1.06 bits per heavy atom. The van der Waals surface area contributed by atoms with Crippen LogP contribution in [0.2, 0.25) is 0 Å². The van der Waals surface area contributed by atoms with Crippen LogP contribution in [-0.4, -0.2) is 63.7 Å². The molecule has 0 unspecified atom stereocenters. The van der Waals surface area contributed by atoms with Gasteiger partial charge in [0.15, 0.2) is 11.5 Å². The molecule has 198 valence electrons. The van der Waals surface area contributed by atoms with Gasteiger partial charge in [0.05, 0.1) is 26.2 Å². The van der Waals surface area contributed by atoms with E-state index in [0.717, 1.165) is 10.6 Å². The largest absolute Gasteiger partial charge is 0.493 e. The van der Waals surface area contributed by atoms with Gasteiger partial charge in [-0.3, -0.25) is 13.9 Å². The summed E-state index contributed by atoms with van der Waals surface area (Å²) in [5, 5.41) is 2.81. The predicted octanol–water partition coefficient (Wildman–Crippen LogP) is 2.94. The summed E-state index contributed by atoms with van der Waals surface area (Å²) < 4.78 is 51.2. The Hall–Kier alpha value is -3.34. The molecule has 0 aliphatic rings. The lowest BCUT2D eigenvalue weighted by molar-refractivity contribution is -0.140. The van der Waals surface area contributed by atoms with Crippen molar-refractivity contribution < 1.29 is 31.9 Å². The molecule has 0 aromatic heterocycles. The monoisotopic (exact) mass is 523 g/mol. The van der Waals surface area contributed by atoms with Gasteiger partial charge in [-0.2, -0.15) is 0 Å². The first-order chi connectivity index (χ1) is 16.7. The highest BCUT2D eigenvalue weighted by Crippen LogP contribution is 2.32. The highest BCUT2D eigenvalue weighted by Gasteiger charge is 2.32. The van der Waals surface area contributed by atoms with Crippen molar-refractivity contribution in [1.82, 2.24) is 10.2 Å². The zero-order chi connectivity index (χ0) is 27.3. The second kappa shape index (κ2) is 11.6. The van der Waals surface area contributed by atoms with E-state index in [0.29, 0.717) is 5.75 Å². The lowest BCUT2D eigenvalue weighted by atomic mass is 10.1. The van der Waals surface area contributed by atoms with Crippen LogP contribution in [0.5, 0.6) is 11.5 Å². The van der Waals surface area contributed by atoms with Crippen molar-refractivity contribution in [3.8, 4) is 11.5 Å². The molecule has 0 fully saturated rings. The molecule has 2 aromatic carbocycles. The number of hydrogen-bond acceptors (Lipinski definition) is 6. The topological polar surface area (TPSA) is 105 Å². The quantitative estimate of drug-likeness (QED) is 0.514. The molecule has 0 aliphatic carbocycles. The van der Waals surface area contributed by atoms with Crippen LogP contribution in [0, 0.1) is 5.82 Å². The maximum absolute atomic E-state index is 14.5. The lowest BCUT2D eigenvalue weighted by Crippen LogP contribution is -2.54. The molecule has 1 N–H and O–H groups in total. The predicted molar refractivity (Wildman–Crippen MR) is 136 cm³/mol. The zero-order valence-corrected chi connectivity index (χ0v) is 22.5. The number of nitrogens with zero attached hydrogens (tertiary/aromatic N) is 2. The van der Waals surface area contributed by atoms with Crippen LogP contribution in [0.15, 0.2) is 42.5 Å². The summed E-state index contributed by atoms with van der Waals surface area (Å²) in [7, 11) is -1.08. The van der Waals surface area contributed by atoms with Crippen LogP contribution < -0.4 is 19.1 Å². The summed E-state index contributed by atoms with van der Waals surface area (Å²) in [5.74, 6) is -1.02. The number of benzene rings is 2. The number of halogens is 1. The SMILES string of the molecule is COc1ccc(N(CC(=O)N(Cc2ccccc2F)[C@H](C)C(=O)NC(C)(C)C)S(C)(=O)=O)cc1OC. The molecule has 2 rings (SSSR count). The minimum atomic E-state index is -3.93. The van der Waals surface area contributed by atoms with Gasteiger partial charge in [-0.15, -0.1) is 0 Å². The normalized spacial score (nSPS) is 12.4. The van der Waals surface area contributed by atoms with Crippen molar-refractivity contribution in [1.29, 1.82) is 0 Å². The van der Waals surface area contributed by atoms with E-state index in [1.54, 1.807) is 26.8 Å². The maximum Gasteiger partial charge on any atom is 0.244 e. The highest BCUT2D eigenvalue weighted by molar-refractivity contribution is 7.92. The Morgan fingerprint density at radius 2 is 1.67 bits per heavy atom. The molecule has 0 heterocycles. The number of carbonyl (C=O) groups is 2. The molecule has 2 aromatic rings. The molecule has 0 bridgehead atoms. The molecule has 0 radical (unpaired) electrons. The second-order valence-corrected chi connectivity index (χ2v) is 11.2. The van der Waals surface area contributed by atoms with Crippen molar-refractivity contribution in [2.75, 3.05) is 31.3 Å². The molecule has 1 atom stereocenters. The molecule has 0 saturated heterocycles. The second-order valence-electron chi connectivity index (χ2n) is 9.34. The standard InChI is InChI=1S/C25H34FN3O6S/c1-17(24(31)27-25(2,3)4)28(15-18-10-8-9-11-20(18)26)23(30)16-29(36(7,32)33)19-12-13-21(34-5)22(14-19)35-6/h8-14,17H,15-16H2,1-7H3,(H,27,31)/t17-/m1/s1. The van der Waals surface area contributed by atoms with Crippen LogP contribution in [-0.2, 0) is 26.2 Å². The van der Waals surface area contributed by atoms with E-state index in [-0.39, 0.29) is 23.5 Å².